The maximum Gasteiger partial charge on any atom is 0.416 e. The van der Waals surface area contributed by atoms with Crippen LogP contribution in [0.5, 0.6) is 5.88 Å². The number of fused-ring (bicyclic) bond motifs is 3. The molecule has 0 saturated carbocycles. The summed E-state index contributed by atoms with van der Waals surface area (Å²) in [4.78, 5) is 4.60. The summed E-state index contributed by atoms with van der Waals surface area (Å²) in [6.45, 7) is 2.11. The van der Waals surface area contributed by atoms with Crippen molar-refractivity contribution < 1.29 is 22.3 Å². The molecule has 1 N–H and O–H groups in total. The summed E-state index contributed by atoms with van der Waals surface area (Å²) >= 11 is 4.99. The Kier molecular flexibility index (Phi) is 6.94. The van der Waals surface area contributed by atoms with E-state index in [-0.39, 0.29) is 5.88 Å². The number of hydrogen-bond acceptors (Lipinski definition) is 7. The minimum absolute atomic E-state index is 0.287. The number of halogens is 4. The smallest absolute Gasteiger partial charge is 0.416 e. The van der Waals surface area contributed by atoms with Crippen molar-refractivity contribution in [2.75, 3.05) is 11.1 Å². The molecule has 0 bridgehead atoms. The summed E-state index contributed by atoms with van der Waals surface area (Å²) in [7, 11) is 0. The van der Waals surface area contributed by atoms with E-state index in [1.165, 1.54) is 17.8 Å². The molecule has 1 unspecified atom stereocenters. The molecule has 5 rings (SSSR count). The van der Waals surface area contributed by atoms with E-state index in [4.69, 9.17) is 9.15 Å². The van der Waals surface area contributed by atoms with E-state index >= 15 is 0 Å². The van der Waals surface area contributed by atoms with Crippen molar-refractivity contribution in [1.29, 1.82) is 0 Å². The van der Waals surface area contributed by atoms with Crippen LogP contribution in [0.25, 0.3) is 22.6 Å². The Hall–Kier alpha value is -3.05. The van der Waals surface area contributed by atoms with Gasteiger partial charge in [0.1, 0.15) is 5.76 Å². The molecule has 6 nitrogen and oxygen atoms in total. The van der Waals surface area contributed by atoms with Gasteiger partial charge in [0.2, 0.25) is 17.3 Å². The van der Waals surface area contributed by atoms with Gasteiger partial charge in [-0.25, -0.2) is 0 Å². The minimum Gasteiger partial charge on any atom is -0.455 e. The number of nitrogens with one attached hydrogen (secondary N) is 1. The van der Waals surface area contributed by atoms with Gasteiger partial charge < -0.3 is 14.5 Å². The van der Waals surface area contributed by atoms with E-state index in [0.29, 0.717) is 27.9 Å². The molecule has 0 fully saturated rings. The number of hydrogen-bond donors (Lipinski definition) is 1. The molecule has 0 spiro atoms. The van der Waals surface area contributed by atoms with Crippen molar-refractivity contribution in [3.63, 3.8) is 0 Å². The second-order valence-corrected chi connectivity index (χ2v) is 10.0. The highest BCUT2D eigenvalue weighted by molar-refractivity contribution is 9.10. The lowest BCUT2D eigenvalue weighted by molar-refractivity contribution is -0.137. The summed E-state index contributed by atoms with van der Waals surface area (Å²) in [5.41, 5.74) is 1.52. The predicted octanol–water partition coefficient (Wildman–Crippen LogP) is 7.98. The average Bonchev–Trinajstić information content (AvgIpc) is 3.29. The van der Waals surface area contributed by atoms with Crippen LogP contribution in [-0.2, 0) is 6.18 Å². The van der Waals surface area contributed by atoms with Gasteiger partial charge >= 0.3 is 6.18 Å². The number of ether oxygens (including phenoxy) is 1. The number of aromatic nitrogens is 3. The van der Waals surface area contributed by atoms with Gasteiger partial charge in [-0.05, 0) is 48.9 Å². The first-order valence-electron chi connectivity index (χ1n) is 11.2. The quantitative estimate of drug-likeness (QED) is 0.184. The number of benzene rings is 2. The molecule has 186 valence electrons. The van der Waals surface area contributed by atoms with Gasteiger partial charge in [-0.3, -0.25) is 0 Å². The van der Waals surface area contributed by atoms with E-state index in [1.807, 2.05) is 18.2 Å². The lowest BCUT2D eigenvalue weighted by Crippen LogP contribution is -2.16. The SMILES string of the molecule is CCCCSc1nnc2c(n1)OC(c1ccc(-c3cccc(C(F)(F)F)c3)o1)Nc1ccc(Br)cc1-2. The van der Waals surface area contributed by atoms with Crippen LogP contribution in [0.4, 0.5) is 18.9 Å². The summed E-state index contributed by atoms with van der Waals surface area (Å²) in [6.07, 6.45) is -3.16. The van der Waals surface area contributed by atoms with Crippen molar-refractivity contribution >= 4 is 33.4 Å². The van der Waals surface area contributed by atoms with Crippen LogP contribution in [0, 0.1) is 0 Å². The fourth-order valence-electron chi connectivity index (χ4n) is 3.67. The van der Waals surface area contributed by atoms with Gasteiger partial charge in [0.15, 0.2) is 11.5 Å². The van der Waals surface area contributed by atoms with Gasteiger partial charge in [0.25, 0.3) is 0 Å². The molecule has 36 heavy (non-hydrogen) atoms. The fourth-order valence-corrected chi connectivity index (χ4v) is 4.89. The normalized spacial score (nSPS) is 14.9. The van der Waals surface area contributed by atoms with Crippen LogP contribution in [0.1, 0.15) is 37.3 Å². The highest BCUT2D eigenvalue weighted by Gasteiger charge is 2.31. The zero-order chi connectivity index (χ0) is 25.3. The summed E-state index contributed by atoms with van der Waals surface area (Å²) in [5, 5.41) is 12.5. The Balaban J connectivity index is 1.50. The molecule has 1 aliphatic heterocycles. The molecular formula is C25H20BrF3N4O2S. The van der Waals surface area contributed by atoms with Crippen LogP contribution < -0.4 is 10.1 Å². The Morgan fingerprint density at radius 1 is 1.08 bits per heavy atom. The molecule has 0 amide bonds. The first-order valence-corrected chi connectivity index (χ1v) is 13.0. The van der Waals surface area contributed by atoms with Crippen molar-refractivity contribution in [2.24, 2.45) is 0 Å². The zero-order valence-corrected chi connectivity index (χ0v) is 21.4. The standard InChI is InChI=1S/C25H20BrF3N4O2S/c1-2-3-11-36-24-31-23-21(32-33-24)17-13-16(26)7-8-18(17)30-22(35-23)20-10-9-19(34-20)14-5-4-6-15(12-14)25(27,28)29/h4-10,12-13,22,30H,2-3,11H2,1H3. The number of alkyl halides is 3. The van der Waals surface area contributed by atoms with Gasteiger partial charge in [-0.1, -0.05) is 53.2 Å². The van der Waals surface area contributed by atoms with Crippen LogP contribution in [0.2, 0.25) is 0 Å². The van der Waals surface area contributed by atoms with E-state index in [9.17, 15) is 13.2 Å². The molecule has 0 aliphatic carbocycles. The zero-order valence-electron chi connectivity index (χ0n) is 19.0. The predicted molar refractivity (Wildman–Crippen MR) is 135 cm³/mol. The van der Waals surface area contributed by atoms with E-state index < -0.39 is 18.0 Å². The molecule has 11 heteroatoms. The Labute approximate surface area is 217 Å². The molecule has 2 aromatic carbocycles. The fraction of sp³-hybridized carbons (Fsp3) is 0.240. The first-order chi connectivity index (χ1) is 17.3. The summed E-state index contributed by atoms with van der Waals surface area (Å²) < 4.78 is 52.6. The Bertz CT molecular complexity index is 1400. The summed E-state index contributed by atoms with van der Waals surface area (Å²) in [6, 6.07) is 13.9. The maximum absolute atomic E-state index is 13.2. The van der Waals surface area contributed by atoms with Gasteiger partial charge in [0, 0.05) is 27.0 Å². The van der Waals surface area contributed by atoms with Crippen LogP contribution in [0.15, 0.2) is 68.6 Å². The number of nitrogens with zero attached hydrogens (tertiary/aromatic N) is 3. The molecule has 1 aliphatic rings. The lowest BCUT2D eigenvalue weighted by Gasteiger charge is -2.17. The second kappa shape index (κ2) is 10.1. The third-order valence-corrected chi connectivity index (χ3v) is 6.89. The highest BCUT2D eigenvalue weighted by Crippen LogP contribution is 2.42. The van der Waals surface area contributed by atoms with Crippen molar-refractivity contribution in [2.45, 2.75) is 37.3 Å². The van der Waals surface area contributed by atoms with E-state index in [0.717, 1.165) is 46.5 Å². The van der Waals surface area contributed by atoms with Crippen molar-refractivity contribution in [3.05, 3.63) is 70.4 Å². The number of unbranched alkanes of at least 4 members (excludes halogenated alkanes) is 1. The van der Waals surface area contributed by atoms with Gasteiger partial charge in [0.05, 0.1) is 5.56 Å². The summed E-state index contributed by atoms with van der Waals surface area (Å²) in [5.74, 6) is 1.82. The molecule has 1 atom stereocenters. The topological polar surface area (TPSA) is 73.1 Å². The number of thioether (sulfide) groups is 1. The Morgan fingerprint density at radius 2 is 1.94 bits per heavy atom. The molecule has 3 heterocycles. The lowest BCUT2D eigenvalue weighted by atomic mass is 10.1. The van der Waals surface area contributed by atoms with Crippen molar-refractivity contribution in [3.8, 4) is 28.5 Å². The van der Waals surface area contributed by atoms with Crippen LogP contribution >= 0.6 is 27.7 Å². The number of anilines is 1. The van der Waals surface area contributed by atoms with Gasteiger partial charge in [-0.2, -0.15) is 18.2 Å². The monoisotopic (exact) mass is 576 g/mol. The minimum atomic E-state index is -4.45. The average molecular weight is 577 g/mol. The molecular weight excluding hydrogens is 557 g/mol. The van der Waals surface area contributed by atoms with E-state index in [1.54, 1.807) is 18.2 Å². The highest BCUT2D eigenvalue weighted by atomic mass is 79.9. The molecule has 0 radical (unpaired) electrons. The molecule has 0 saturated heterocycles. The van der Waals surface area contributed by atoms with E-state index in [2.05, 4.69) is 43.4 Å². The number of rotatable bonds is 6. The Morgan fingerprint density at radius 3 is 2.75 bits per heavy atom. The maximum atomic E-state index is 13.2. The molecule has 4 aromatic rings. The van der Waals surface area contributed by atoms with Crippen molar-refractivity contribution in [1.82, 2.24) is 15.2 Å². The van der Waals surface area contributed by atoms with Crippen LogP contribution in [-0.4, -0.2) is 20.9 Å². The largest absolute Gasteiger partial charge is 0.455 e. The number of furan rings is 1. The van der Waals surface area contributed by atoms with Gasteiger partial charge in [-0.15, -0.1) is 10.2 Å². The third kappa shape index (κ3) is 5.22. The second-order valence-electron chi connectivity index (χ2n) is 8.06. The van der Waals surface area contributed by atoms with Crippen LogP contribution in [0.3, 0.4) is 0 Å². The third-order valence-electron chi connectivity index (χ3n) is 5.48. The molecule has 2 aromatic heterocycles. The first kappa shape index (κ1) is 24.6.